The zero-order valence-corrected chi connectivity index (χ0v) is 15.7. The van der Waals surface area contributed by atoms with Gasteiger partial charge >= 0.3 is 0 Å². The Hall–Kier alpha value is -2.28. The van der Waals surface area contributed by atoms with Gasteiger partial charge in [-0.15, -0.1) is 0 Å². The first kappa shape index (κ1) is 19.5. The fourth-order valence-corrected chi connectivity index (χ4v) is 3.27. The van der Waals surface area contributed by atoms with E-state index in [0.29, 0.717) is 31.0 Å². The van der Waals surface area contributed by atoms with Crippen LogP contribution in [0.15, 0.2) is 30.6 Å². The van der Waals surface area contributed by atoms with Crippen molar-refractivity contribution in [3.63, 3.8) is 0 Å². The van der Waals surface area contributed by atoms with Gasteiger partial charge < -0.3 is 14.2 Å². The van der Waals surface area contributed by atoms with Gasteiger partial charge in [-0.1, -0.05) is 19.9 Å². The van der Waals surface area contributed by atoms with Crippen molar-refractivity contribution in [2.24, 2.45) is 5.92 Å². The van der Waals surface area contributed by atoms with Gasteiger partial charge in [-0.2, -0.15) is 0 Å². The lowest BCUT2D eigenvalue weighted by Crippen LogP contribution is -2.39. The second kappa shape index (κ2) is 8.61. The second-order valence-corrected chi connectivity index (χ2v) is 7.23. The van der Waals surface area contributed by atoms with E-state index in [-0.39, 0.29) is 17.9 Å². The number of benzene rings is 1. The molecular weight excluding hydrogens is 352 g/mol. The number of halogens is 2. The van der Waals surface area contributed by atoms with E-state index in [4.69, 9.17) is 4.74 Å². The van der Waals surface area contributed by atoms with Crippen molar-refractivity contribution in [2.75, 3.05) is 13.2 Å². The SMILES string of the molecule is CC(C)C(=O)N(Cc1nccn1Cc1ccc(F)c(F)c1)C[C@H]1CCCO1. The third kappa shape index (κ3) is 4.91. The van der Waals surface area contributed by atoms with Crippen LogP contribution in [0, 0.1) is 17.6 Å². The lowest BCUT2D eigenvalue weighted by molar-refractivity contribution is -0.136. The summed E-state index contributed by atoms with van der Waals surface area (Å²) in [5.74, 6) is -1.11. The number of imidazole rings is 1. The molecule has 1 aromatic heterocycles. The molecular formula is C20H25F2N3O2. The van der Waals surface area contributed by atoms with Crippen LogP contribution >= 0.6 is 0 Å². The molecule has 0 radical (unpaired) electrons. The monoisotopic (exact) mass is 377 g/mol. The van der Waals surface area contributed by atoms with Crippen molar-refractivity contribution in [3.8, 4) is 0 Å². The maximum Gasteiger partial charge on any atom is 0.225 e. The summed E-state index contributed by atoms with van der Waals surface area (Å²) in [6, 6.07) is 3.85. The average molecular weight is 377 g/mol. The Morgan fingerprint density at radius 2 is 2.19 bits per heavy atom. The molecule has 1 fully saturated rings. The number of carbonyl (C=O) groups excluding carboxylic acids is 1. The molecule has 3 rings (SSSR count). The molecule has 27 heavy (non-hydrogen) atoms. The van der Waals surface area contributed by atoms with Gasteiger partial charge in [-0.25, -0.2) is 13.8 Å². The van der Waals surface area contributed by atoms with Crippen LogP contribution in [0.1, 0.15) is 38.1 Å². The van der Waals surface area contributed by atoms with Gasteiger partial charge in [0, 0.05) is 38.0 Å². The molecule has 1 amide bonds. The van der Waals surface area contributed by atoms with Crippen molar-refractivity contribution in [1.82, 2.24) is 14.5 Å². The zero-order valence-electron chi connectivity index (χ0n) is 15.7. The minimum Gasteiger partial charge on any atom is -0.376 e. The number of amides is 1. The van der Waals surface area contributed by atoms with Crippen LogP contribution in [0.3, 0.4) is 0 Å². The molecule has 1 atom stereocenters. The summed E-state index contributed by atoms with van der Waals surface area (Å²) in [4.78, 5) is 18.8. The molecule has 1 aliphatic heterocycles. The van der Waals surface area contributed by atoms with Crippen molar-refractivity contribution < 1.29 is 18.3 Å². The molecule has 0 aliphatic carbocycles. The van der Waals surface area contributed by atoms with Crippen LogP contribution < -0.4 is 0 Å². The topological polar surface area (TPSA) is 47.4 Å². The summed E-state index contributed by atoms with van der Waals surface area (Å²) in [5, 5.41) is 0. The number of carbonyl (C=O) groups is 1. The fraction of sp³-hybridized carbons (Fsp3) is 0.500. The number of aromatic nitrogens is 2. The Labute approximate surface area is 158 Å². The van der Waals surface area contributed by atoms with Crippen molar-refractivity contribution in [2.45, 2.75) is 45.9 Å². The first-order valence-corrected chi connectivity index (χ1v) is 9.28. The summed E-state index contributed by atoms with van der Waals surface area (Å²) >= 11 is 0. The highest BCUT2D eigenvalue weighted by molar-refractivity contribution is 5.78. The molecule has 0 N–H and O–H groups in total. The van der Waals surface area contributed by atoms with E-state index < -0.39 is 11.6 Å². The highest BCUT2D eigenvalue weighted by Gasteiger charge is 2.25. The summed E-state index contributed by atoms with van der Waals surface area (Å²) in [6.45, 7) is 5.73. The fourth-order valence-electron chi connectivity index (χ4n) is 3.27. The Balaban J connectivity index is 1.75. The van der Waals surface area contributed by atoms with Crippen LogP contribution in [-0.4, -0.2) is 39.6 Å². The smallest absolute Gasteiger partial charge is 0.225 e. The van der Waals surface area contributed by atoms with Gasteiger partial charge in [0.05, 0.1) is 12.6 Å². The molecule has 1 saturated heterocycles. The normalized spacial score (nSPS) is 16.9. The molecule has 0 saturated carbocycles. The zero-order chi connectivity index (χ0) is 19.4. The molecule has 146 valence electrons. The van der Waals surface area contributed by atoms with Gasteiger partial charge in [0.25, 0.3) is 0 Å². The van der Waals surface area contributed by atoms with Crippen LogP contribution in [0.2, 0.25) is 0 Å². The predicted molar refractivity (Wildman–Crippen MR) is 96.9 cm³/mol. The van der Waals surface area contributed by atoms with E-state index in [1.54, 1.807) is 23.4 Å². The summed E-state index contributed by atoms with van der Waals surface area (Å²) in [7, 11) is 0. The molecule has 1 aromatic carbocycles. The van der Waals surface area contributed by atoms with Crippen molar-refractivity contribution in [1.29, 1.82) is 0 Å². The van der Waals surface area contributed by atoms with Crippen molar-refractivity contribution >= 4 is 5.91 Å². The average Bonchev–Trinajstić information content (AvgIpc) is 3.29. The first-order valence-electron chi connectivity index (χ1n) is 9.28. The van der Waals surface area contributed by atoms with Gasteiger partial charge in [-0.05, 0) is 30.5 Å². The maximum absolute atomic E-state index is 13.5. The predicted octanol–water partition coefficient (Wildman–Crippen LogP) is 3.37. The third-order valence-electron chi connectivity index (χ3n) is 4.72. The van der Waals surface area contributed by atoms with Crippen LogP contribution in [-0.2, 0) is 22.6 Å². The molecule has 7 heteroatoms. The van der Waals surface area contributed by atoms with E-state index in [9.17, 15) is 13.6 Å². The number of hydrogen-bond donors (Lipinski definition) is 0. The third-order valence-corrected chi connectivity index (χ3v) is 4.72. The Morgan fingerprint density at radius 1 is 1.37 bits per heavy atom. The number of nitrogens with zero attached hydrogens (tertiary/aromatic N) is 3. The van der Waals surface area contributed by atoms with E-state index >= 15 is 0 Å². The lowest BCUT2D eigenvalue weighted by atomic mass is 10.1. The second-order valence-electron chi connectivity index (χ2n) is 7.23. The highest BCUT2D eigenvalue weighted by Crippen LogP contribution is 2.17. The molecule has 0 unspecified atom stereocenters. The standard InChI is InChI=1S/C20H25F2N3O2/c1-14(2)20(26)25(12-16-4-3-9-27-16)13-19-23-7-8-24(19)11-15-5-6-17(21)18(22)10-15/h5-8,10,14,16H,3-4,9,11-13H2,1-2H3/t16-/m1/s1. The molecule has 2 aromatic rings. The van der Waals surface area contributed by atoms with Crippen LogP contribution in [0.5, 0.6) is 0 Å². The van der Waals surface area contributed by atoms with Gasteiger partial charge in [0.15, 0.2) is 11.6 Å². The quantitative estimate of drug-likeness (QED) is 0.743. The molecule has 0 spiro atoms. The van der Waals surface area contributed by atoms with E-state index in [1.165, 1.54) is 6.07 Å². The van der Waals surface area contributed by atoms with E-state index in [0.717, 1.165) is 25.5 Å². The summed E-state index contributed by atoms with van der Waals surface area (Å²) in [6.07, 6.45) is 5.45. The lowest BCUT2D eigenvalue weighted by Gasteiger charge is -2.27. The molecule has 2 heterocycles. The Morgan fingerprint density at radius 3 is 2.85 bits per heavy atom. The van der Waals surface area contributed by atoms with Gasteiger partial charge in [0.2, 0.25) is 5.91 Å². The largest absolute Gasteiger partial charge is 0.376 e. The van der Waals surface area contributed by atoms with Crippen LogP contribution in [0.25, 0.3) is 0 Å². The summed E-state index contributed by atoms with van der Waals surface area (Å²) < 4.78 is 34.1. The van der Waals surface area contributed by atoms with Gasteiger partial charge in [0.1, 0.15) is 5.82 Å². The number of ether oxygens (including phenoxy) is 1. The minimum absolute atomic E-state index is 0.0490. The van der Waals surface area contributed by atoms with Crippen molar-refractivity contribution in [3.05, 3.63) is 53.6 Å². The first-order chi connectivity index (χ1) is 12.9. The van der Waals surface area contributed by atoms with E-state index in [1.807, 2.05) is 18.4 Å². The summed E-state index contributed by atoms with van der Waals surface area (Å²) in [5.41, 5.74) is 0.633. The highest BCUT2D eigenvalue weighted by atomic mass is 19.2. The molecule has 1 aliphatic rings. The Bertz CT molecular complexity index is 785. The molecule has 0 bridgehead atoms. The van der Waals surface area contributed by atoms with E-state index in [2.05, 4.69) is 4.98 Å². The Kier molecular flexibility index (Phi) is 6.21. The number of rotatable bonds is 7. The van der Waals surface area contributed by atoms with Crippen LogP contribution in [0.4, 0.5) is 8.78 Å². The molecule has 5 nitrogen and oxygen atoms in total. The maximum atomic E-state index is 13.5. The number of hydrogen-bond acceptors (Lipinski definition) is 3. The van der Waals surface area contributed by atoms with Gasteiger partial charge in [-0.3, -0.25) is 4.79 Å². The minimum atomic E-state index is -0.871.